The van der Waals surface area contributed by atoms with Crippen LogP contribution in [0.3, 0.4) is 0 Å². The summed E-state index contributed by atoms with van der Waals surface area (Å²) in [4.78, 5) is 25.9. The van der Waals surface area contributed by atoms with E-state index < -0.39 is 5.92 Å². The summed E-state index contributed by atoms with van der Waals surface area (Å²) in [5, 5.41) is 0. The Bertz CT molecular complexity index is 911. The third-order valence-electron chi connectivity index (χ3n) is 6.02. The van der Waals surface area contributed by atoms with Crippen LogP contribution in [0.25, 0.3) is 11.1 Å². The van der Waals surface area contributed by atoms with Gasteiger partial charge >= 0.3 is 0 Å². The smallest absolute Gasteiger partial charge is 0.174 e. The predicted octanol–water partition coefficient (Wildman–Crippen LogP) is 4.95. The third-order valence-corrected chi connectivity index (χ3v) is 6.02. The second-order valence-corrected chi connectivity index (χ2v) is 8.02. The Kier molecular flexibility index (Phi) is 5.27. The number of Topliss-reactive ketones (excluding diaryl/α,β-unsaturated/α-hetero) is 1. The van der Waals surface area contributed by atoms with E-state index >= 15 is 0 Å². The zero-order valence-electron chi connectivity index (χ0n) is 16.5. The first-order valence-electron chi connectivity index (χ1n) is 10.1. The summed E-state index contributed by atoms with van der Waals surface area (Å²) in [6.45, 7) is 5.52. The van der Waals surface area contributed by atoms with Crippen molar-refractivity contribution in [1.82, 2.24) is 0 Å². The molecule has 0 saturated carbocycles. The van der Waals surface area contributed by atoms with Crippen molar-refractivity contribution in [3.05, 3.63) is 70.8 Å². The molecule has 1 unspecified atom stereocenters. The number of allylic oxidation sites excluding steroid dienone is 2. The molecule has 1 fully saturated rings. The molecule has 0 amide bonds. The third kappa shape index (κ3) is 3.59. The van der Waals surface area contributed by atoms with E-state index in [0.717, 1.165) is 53.9 Å². The zero-order valence-corrected chi connectivity index (χ0v) is 16.5. The number of ketones is 2. The molecule has 1 heterocycles. The number of carbonyl (C=O) groups is 2. The van der Waals surface area contributed by atoms with Crippen LogP contribution in [0.5, 0.6) is 0 Å². The Morgan fingerprint density at radius 3 is 2.21 bits per heavy atom. The van der Waals surface area contributed by atoms with Gasteiger partial charge < -0.3 is 4.74 Å². The zero-order chi connectivity index (χ0) is 19.7. The fraction of sp³-hybridized carbons (Fsp3) is 0.360. The lowest BCUT2D eigenvalue weighted by Crippen LogP contribution is -2.20. The minimum Gasteiger partial charge on any atom is -0.381 e. The highest BCUT2D eigenvalue weighted by atomic mass is 16.5. The number of rotatable bonds is 4. The van der Waals surface area contributed by atoms with E-state index in [0.29, 0.717) is 17.9 Å². The lowest BCUT2D eigenvalue weighted by atomic mass is 9.83. The Morgan fingerprint density at radius 1 is 0.929 bits per heavy atom. The van der Waals surface area contributed by atoms with Gasteiger partial charge in [-0.25, -0.2) is 0 Å². The summed E-state index contributed by atoms with van der Waals surface area (Å²) in [6, 6.07) is 14.4. The highest BCUT2D eigenvalue weighted by molar-refractivity contribution is 6.25. The monoisotopic (exact) mass is 374 g/mol. The summed E-state index contributed by atoms with van der Waals surface area (Å²) in [5.41, 5.74) is 5.86. The quantitative estimate of drug-likeness (QED) is 0.711. The topological polar surface area (TPSA) is 43.4 Å². The van der Waals surface area contributed by atoms with Gasteiger partial charge in [0.25, 0.3) is 0 Å². The molecule has 4 rings (SSSR count). The van der Waals surface area contributed by atoms with Gasteiger partial charge in [-0.3, -0.25) is 9.59 Å². The number of hydrogen-bond acceptors (Lipinski definition) is 3. The van der Waals surface area contributed by atoms with Gasteiger partial charge in [-0.1, -0.05) is 42.5 Å². The summed E-state index contributed by atoms with van der Waals surface area (Å²) < 4.78 is 5.41. The second kappa shape index (κ2) is 7.84. The van der Waals surface area contributed by atoms with E-state index in [2.05, 4.69) is 24.3 Å². The first-order chi connectivity index (χ1) is 13.5. The van der Waals surface area contributed by atoms with Gasteiger partial charge in [0.2, 0.25) is 0 Å². The molecule has 2 aliphatic rings. The molecule has 144 valence electrons. The molecule has 1 aliphatic heterocycles. The molecule has 3 nitrogen and oxygen atoms in total. The standard InChI is InChI=1S/C25H26O3/c1-16-12-20(19-6-4-3-5-7-19)13-17(2)23(16)24-22(26)15-21(25(24)27)14-18-8-10-28-11-9-18/h3-7,12-13,15,18,24H,8-11,14H2,1-2H3. The minimum atomic E-state index is -0.667. The van der Waals surface area contributed by atoms with Gasteiger partial charge in [0.05, 0.1) is 0 Å². The summed E-state index contributed by atoms with van der Waals surface area (Å²) >= 11 is 0. The van der Waals surface area contributed by atoms with Crippen LogP contribution in [0.15, 0.2) is 54.1 Å². The average molecular weight is 374 g/mol. The van der Waals surface area contributed by atoms with Crippen molar-refractivity contribution in [3.63, 3.8) is 0 Å². The Hall–Kier alpha value is -2.52. The summed E-state index contributed by atoms with van der Waals surface area (Å²) in [5.74, 6) is -0.293. The van der Waals surface area contributed by atoms with Gasteiger partial charge in [-0.05, 0) is 72.9 Å². The summed E-state index contributed by atoms with van der Waals surface area (Å²) in [6.07, 6.45) is 4.23. The van der Waals surface area contributed by atoms with Crippen LogP contribution in [0, 0.1) is 19.8 Å². The number of carbonyl (C=O) groups excluding carboxylic acids is 2. The van der Waals surface area contributed by atoms with Gasteiger partial charge in [-0.2, -0.15) is 0 Å². The molecular weight excluding hydrogens is 348 g/mol. The molecule has 2 aromatic carbocycles. The van der Waals surface area contributed by atoms with Crippen molar-refractivity contribution < 1.29 is 14.3 Å². The molecule has 1 saturated heterocycles. The molecule has 0 radical (unpaired) electrons. The molecule has 0 aromatic heterocycles. The van der Waals surface area contributed by atoms with Crippen molar-refractivity contribution in [1.29, 1.82) is 0 Å². The van der Waals surface area contributed by atoms with Crippen LogP contribution in [-0.2, 0) is 14.3 Å². The Labute approximate surface area is 166 Å². The Balaban J connectivity index is 1.60. The number of hydrogen-bond donors (Lipinski definition) is 0. The summed E-state index contributed by atoms with van der Waals surface area (Å²) in [7, 11) is 0. The van der Waals surface area contributed by atoms with E-state index in [9.17, 15) is 9.59 Å². The van der Waals surface area contributed by atoms with Crippen molar-refractivity contribution in [2.24, 2.45) is 5.92 Å². The van der Waals surface area contributed by atoms with Crippen LogP contribution in [0.1, 0.15) is 41.9 Å². The average Bonchev–Trinajstić information content (AvgIpc) is 2.96. The number of ether oxygens (including phenoxy) is 1. The van der Waals surface area contributed by atoms with Gasteiger partial charge in [0.1, 0.15) is 5.92 Å². The van der Waals surface area contributed by atoms with Crippen LogP contribution in [0.2, 0.25) is 0 Å². The first kappa shape index (κ1) is 18.8. The molecule has 0 N–H and O–H groups in total. The largest absolute Gasteiger partial charge is 0.381 e. The fourth-order valence-electron chi connectivity index (χ4n) is 4.56. The second-order valence-electron chi connectivity index (χ2n) is 8.02. The molecule has 28 heavy (non-hydrogen) atoms. The fourth-order valence-corrected chi connectivity index (χ4v) is 4.56. The normalized spacial score (nSPS) is 20.5. The molecule has 0 spiro atoms. The minimum absolute atomic E-state index is 0.00449. The maximum atomic E-state index is 13.1. The maximum absolute atomic E-state index is 13.1. The van der Waals surface area contributed by atoms with Crippen molar-refractivity contribution in [3.8, 4) is 11.1 Å². The van der Waals surface area contributed by atoms with E-state index in [1.807, 2.05) is 32.0 Å². The van der Waals surface area contributed by atoms with Gasteiger partial charge in [0, 0.05) is 18.8 Å². The lowest BCUT2D eigenvalue weighted by molar-refractivity contribution is -0.123. The van der Waals surface area contributed by atoms with Gasteiger partial charge in [0.15, 0.2) is 11.6 Å². The highest BCUT2D eigenvalue weighted by Crippen LogP contribution is 2.37. The van der Waals surface area contributed by atoms with E-state index in [4.69, 9.17) is 4.74 Å². The first-order valence-corrected chi connectivity index (χ1v) is 10.1. The van der Waals surface area contributed by atoms with Crippen LogP contribution in [0.4, 0.5) is 0 Å². The molecule has 1 atom stereocenters. The van der Waals surface area contributed by atoms with Crippen molar-refractivity contribution in [2.45, 2.75) is 39.0 Å². The highest BCUT2D eigenvalue weighted by Gasteiger charge is 2.38. The lowest BCUT2D eigenvalue weighted by Gasteiger charge is -2.22. The molecule has 2 aromatic rings. The van der Waals surface area contributed by atoms with Crippen molar-refractivity contribution >= 4 is 11.6 Å². The van der Waals surface area contributed by atoms with Crippen LogP contribution < -0.4 is 0 Å². The van der Waals surface area contributed by atoms with E-state index in [-0.39, 0.29) is 11.6 Å². The Morgan fingerprint density at radius 2 is 1.57 bits per heavy atom. The van der Waals surface area contributed by atoms with Crippen LogP contribution in [-0.4, -0.2) is 24.8 Å². The molecule has 0 bridgehead atoms. The van der Waals surface area contributed by atoms with Gasteiger partial charge in [-0.15, -0.1) is 0 Å². The number of benzene rings is 2. The molecular formula is C25H26O3. The SMILES string of the molecule is Cc1cc(-c2ccccc2)cc(C)c1C1C(=O)C=C(CC2CCOCC2)C1=O. The number of aryl methyl sites for hydroxylation is 2. The maximum Gasteiger partial charge on any atom is 0.174 e. The predicted molar refractivity (Wildman–Crippen MR) is 110 cm³/mol. The van der Waals surface area contributed by atoms with E-state index in [1.165, 1.54) is 0 Å². The van der Waals surface area contributed by atoms with Crippen LogP contribution >= 0.6 is 0 Å². The van der Waals surface area contributed by atoms with Crippen molar-refractivity contribution in [2.75, 3.05) is 13.2 Å². The molecule has 3 heteroatoms. The van der Waals surface area contributed by atoms with E-state index in [1.54, 1.807) is 6.08 Å². The molecule has 1 aliphatic carbocycles.